The number of rotatable bonds is 5. The van der Waals surface area contributed by atoms with Gasteiger partial charge in [-0.05, 0) is 13.8 Å². The van der Waals surface area contributed by atoms with E-state index < -0.39 is 35.6 Å². The molecule has 0 fully saturated rings. The molecule has 0 unspecified atom stereocenters. The average Bonchev–Trinajstić information content (AvgIpc) is 2.12. The molecule has 0 saturated carbocycles. The molecular formula is C8H17NO7. The standard InChI is InChI=1S/C8H17NO7/c1-7(2,15)3(10)4(11)8(9,16)5(12)6(13)14/h3-5,10-12,15-16H,9H2,1-2H3,(H,13,14)/t3-,4+,5-,8-/m0/s1. The summed E-state index contributed by atoms with van der Waals surface area (Å²) in [6.07, 6.45) is -6.67. The first-order valence-electron chi connectivity index (χ1n) is 4.43. The fraction of sp³-hybridized carbons (Fsp3) is 0.875. The Labute approximate surface area is 91.6 Å². The number of hydrogen-bond donors (Lipinski definition) is 7. The summed E-state index contributed by atoms with van der Waals surface area (Å²) in [5.74, 6) is -1.87. The minimum absolute atomic E-state index is 1.12. The molecule has 8 nitrogen and oxygen atoms in total. The van der Waals surface area contributed by atoms with E-state index in [2.05, 4.69) is 0 Å². The Morgan fingerprint density at radius 1 is 1.12 bits per heavy atom. The number of carboxylic acid groups (broad SMARTS) is 1. The van der Waals surface area contributed by atoms with E-state index >= 15 is 0 Å². The zero-order chi connectivity index (χ0) is 13.3. The topological polar surface area (TPSA) is 164 Å². The van der Waals surface area contributed by atoms with E-state index in [4.69, 9.17) is 15.9 Å². The van der Waals surface area contributed by atoms with E-state index in [9.17, 15) is 25.2 Å². The van der Waals surface area contributed by atoms with E-state index in [0.29, 0.717) is 0 Å². The van der Waals surface area contributed by atoms with Crippen LogP contribution in [0.1, 0.15) is 13.8 Å². The van der Waals surface area contributed by atoms with Gasteiger partial charge in [0, 0.05) is 0 Å². The Morgan fingerprint density at radius 2 is 1.50 bits per heavy atom. The maximum atomic E-state index is 10.4. The van der Waals surface area contributed by atoms with Gasteiger partial charge in [-0.2, -0.15) is 0 Å². The molecule has 0 bridgehead atoms. The van der Waals surface area contributed by atoms with Crippen LogP contribution in [0.3, 0.4) is 0 Å². The van der Waals surface area contributed by atoms with Gasteiger partial charge in [0.05, 0.1) is 5.60 Å². The Bertz CT molecular complexity index is 260. The molecule has 8 N–H and O–H groups in total. The molecule has 0 heterocycles. The van der Waals surface area contributed by atoms with Gasteiger partial charge in [0.15, 0.2) is 11.8 Å². The summed E-state index contributed by atoms with van der Waals surface area (Å²) in [4.78, 5) is 10.4. The van der Waals surface area contributed by atoms with Crippen molar-refractivity contribution in [1.29, 1.82) is 0 Å². The summed E-state index contributed by atoms with van der Waals surface area (Å²) in [5, 5.41) is 54.9. The maximum absolute atomic E-state index is 10.4. The highest BCUT2D eigenvalue weighted by Crippen LogP contribution is 2.20. The second-order valence-electron chi connectivity index (χ2n) is 4.17. The number of hydrogen-bond acceptors (Lipinski definition) is 7. The number of aliphatic carboxylic acids is 1. The van der Waals surface area contributed by atoms with Crippen molar-refractivity contribution < 1.29 is 35.4 Å². The Hall–Kier alpha value is -0.770. The normalized spacial score (nSPS) is 22.0. The summed E-state index contributed by atoms with van der Waals surface area (Å²) < 4.78 is 0. The third-order valence-corrected chi connectivity index (χ3v) is 2.17. The average molecular weight is 239 g/mol. The van der Waals surface area contributed by atoms with Crippen molar-refractivity contribution in [2.45, 2.75) is 43.5 Å². The van der Waals surface area contributed by atoms with Crippen molar-refractivity contribution in [2.75, 3.05) is 0 Å². The number of aliphatic hydroxyl groups is 5. The monoisotopic (exact) mass is 239 g/mol. The van der Waals surface area contributed by atoms with Crippen LogP contribution in [0.4, 0.5) is 0 Å². The van der Waals surface area contributed by atoms with Gasteiger partial charge in [0.1, 0.15) is 12.2 Å². The van der Waals surface area contributed by atoms with Crippen LogP contribution in [0.5, 0.6) is 0 Å². The quantitative estimate of drug-likeness (QED) is 0.243. The molecule has 0 aliphatic carbocycles. The molecule has 0 saturated heterocycles. The second-order valence-corrected chi connectivity index (χ2v) is 4.17. The summed E-state index contributed by atoms with van der Waals surface area (Å²) >= 11 is 0. The molecule has 0 radical (unpaired) electrons. The predicted molar refractivity (Wildman–Crippen MR) is 51.1 cm³/mol. The minimum atomic E-state index is -2.98. The molecule has 0 amide bonds. The number of carbonyl (C=O) groups is 1. The van der Waals surface area contributed by atoms with Crippen LogP contribution in [0, 0.1) is 0 Å². The lowest BCUT2D eigenvalue weighted by molar-refractivity contribution is -0.212. The Kier molecular flexibility index (Phi) is 4.39. The first kappa shape index (κ1) is 15.2. The van der Waals surface area contributed by atoms with Gasteiger partial charge in [0.2, 0.25) is 0 Å². The van der Waals surface area contributed by atoms with Crippen LogP contribution in [0.2, 0.25) is 0 Å². The van der Waals surface area contributed by atoms with E-state index in [1.165, 1.54) is 0 Å². The molecule has 16 heavy (non-hydrogen) atoms. The molecule has 0 aliphatic rings. The number of nitrogens with two attached hydrogens (primary N) is 1. The van der Waals surface area contributed by atoms with Gasteiger partial charge in [-0.25, -0.2) is 4.79 Å². The zero-order valence-electron chi connectivity index (χ0n) is 8.90. The van der Waals surface area contributed by atoms with Crippen LogP contribution < -0.4 is 5.73 Å². The summed E-state index contributed by atoms with van der Waals surface area (Å²) in [7, 11) is 0. The number of aliphatic hydroxyl groups excluding tert-OH is 3. The lowest BCUT2D eigenvalue weighted by atomic mass is 9.88. The molecule has 0 spiro atoms. The van der Waals surface area contributed by atoms with Crippen molar-refractivity contribution in [2.24, 2.45) is 5.73 Å². The highest BCUT2D eigenvalue weighted by Gasteiger charge is 2.49. The smallest absolute Gasteiger partial charge is 0.337 e. The maximum Gasteiger partial charge on any atom is 0.337 e. The molecule has 96 valence electrons. The largest absolute Gasteiger partial charge is 0.479 e. The lowest BCUT2D eigenvalue weighted by Crippen LogP contribution is -2.67. The molecule has 0 aliphatic heterocycles. The number of carboxylic acids is 1. The highest BCUT2D eigenvalue weighted by atomic mass is 16.4. The third kappa shape index (κ3) is 3.11. The lowest BCUT2D eigenvalue weighted by Gasteiger charge is -2.37. The van der Waals surface area contributed by atoms with Gasteiger partial charge < -0.3 is 30.6 Å². The molecule has 0 aromatic rings. The first-order valence-corrected chi connectivity index (χ1v) is 4.43. The van der Waals surface area contributed by atoms with E-state index in [-0.39, 0.29) is 0 Å². The van der Waals surface area contributed by atoms with Crippen molar-refractivity contribution in [3.8, 4) is 0 Å². The zero-order valence-corrected chi connectivity index (χ0v) is 8.90. The van der Waals surface area contributed by atoms with Gasteiger partial charge in [-0.1, -0.05) is 0 Å². The predicted octanol–water partition coefficient (Wildman–Crippen LogP) is -3.43. The van der Waals surface area contributed by atoms with Crippen molar-refractivity contribution in [3.63, 3.8) is 0 Å². The van der Waals surface area contributed by atoms with Gasteiger partial charge >= 0.3 is 5.97 Å². The molecule has 0 aromatic heterocycles. The van der Waals surface area contributed by atoms with Crippen molar-refractivity contribution in [1.82, 2.24) is 0 Å². The summed E-state index contributed by atoms with van der Waals surface area (Å²) in [6, 6.07) is 0. The van der Waals surface area contributed by atoms with Gasteiger partial charge in [0.25, 0.3) is 0 Å². The SMILES string of the molecule is CC(C)(O)[C@@H](O)[C@@H](O)[C@](N)(O)[C@@H](O)C(=O)O. The van der Waals surface area contributed by atoms with Gasteiger partial charge in [-0.3, -0.25) is 5.73 Å². The van der Waals surface area contributed by atoms with E-state index in [1.807, 2.05) is 0 Å². The first-order chi connectivity index (χ1) is 6.92. The second kappa shape index (κ2) is 4.62. The molecule has 0 rings (SSSR count). The molecular weight excluding hydrogens is 222 g/mol. The Morgan fingerprint density at radius 3 is 1.75 bits per heavy atom. The van der Waals surface area contributed by atoms with Crippen LogP contribution >= 0.6 is 0 Å². The van der Waals surface area contributed by atoms with Crippen molar-refractivity contribution >= 4 is 5.97 Å². The Balaban J connectivity index is 4.96. The van der Waals surface area contributed by atoms with Crippen molar-refractivity contribution in [3.05, 3.63) is 0 Å². The summed E-state index contributed by atoms with van der Waals surface area (Å²) in [6.45, 7) is 2.23. The fourth-order valence-corrected chi connectivity index (χ4v) is 0.999. The van der Waals surface area contributed by atoms with Crippen LogP contribution in [-0.4, -0.2) is 66.2 Å². The molecule has 8 heteroatoms. The van der Waals surface area contributed by atoms with E-state index in [0.717, 1.165) is 13.8 Å². The van der Waals surface area contributed by atoms with E-state index in [1.54, 1.807) is 0 Å². The fourth-order valence-electron chi connectivity index (χ4n) is 0.999. The van der Waals surface area contributed by atoms with Crippen LogP contribution in [-0.2, 0) is 4.79 Å². The van der Waals surface area contributed by atoms with Gasteiger partial charge in [-0.15, -0.1) is 0 Å². The summed E-state index contributed by atoms with van der Waals surface area (Å²) in [5.41, 5.74) is 0.197. The van der Waals surface area contributed by atoms with Crippen LogP contribution in [0.15, 0.2) is 0 Å². The molecule has 0 aromatic carbocycles. The third-order valence-electron chi connectivity index (χ3n) is 2.17. The van der Waals surface area contributed by atoms with Crippen LogP contribution in [0.25, 0.3) is 0 Å². The molecule has 4 atom stereocenters. The minimum Gasteiger partial charge on any atom is -0.479 e. The highest BCUT2D eigenvalue weighted by molar-refractivity contribution is 5.73.